The van der Waals surface area contributed by atoms with Gasteiger partial charge in [0, 0.05) is 26.1 Å². The summed E-state index contributed by atoms with van der Waals surface area (Å²) in [5.41, 5.74) is 0.441. The lowest BCUT2D eigenvalue weighted by atomic mass is 10.1. The zero-order valence-corrected chi connectivity index (χ0v) is 21.5. The van der Waals surface area contributed by atoms with Gasteiger partial charge in [-0.25, -0.2) is 13.0 Å². The number of benzene rings is 2. The molecule has 1 aliphatic heterocycles. The first-order valence-electron chi connectivity index (χ1n) is 11.5. The molecule has 3 N–H and O–H groups in total. The monoisotopic (exact) mass is 559 g/mol. The smallest absolute Gasteiger partial charge is 0.421 e. The number of amides is 2. The minimum Gasteiger partial charge on any atom is -0.421 e. The zero-order valence-electron chi connectivity index (χ0n) is 19.8. The van der Waals surface area contributed by atoms with Gasteiger partial charge in [-0.2, -0.15) is 13.5 Å². The summed E-state index contributed by atoms with van der Waals surface area (Å²) in [6.07, 6.45) is -1.87. The van der Waals surface area contributed by atoms with Crippen LogP contribution in [0.3, 0.4) is 0 Å². The molecular formula is C23H28F2N3O7PS. The average Bonchev–Trinajstić information content (AvgIpc) is 3.27. The van der Waals surface area contributed by atoms with Crippen molar-refractivity contribution in [3.63, 3.8) is 0 Å². The van der Waals surface area contributed by atoms with Gasteiger partial charge >= 0.3 is 13.8 Å². The number of nitrogens with one attached hydrogen (secondary N) is 2. The Bertz CT molecular complexity index is 1230. The van der Waals surface area contributed by atoms with Crippen molar-refractivity contribution in [2.45, 2.75) is 42.8 Å². The molecule has 0 saturated carbocycles. The maximum Gasteiger partial charge on any atom is 0.442 e. The lowest BCUT2D eigenvalue weighted by Crippen LogP contribution is -2.48. The van der Waals surface area contributed by atoms with Crippen molar-refractivity contribution < 1.29 is 40.8 Å². The predicted octanol–water partition coefficient (Wildman–Crippen LogP) is 2.49. The quantitative estimate of drug-likeness (QED) is 0.253. The van der Waals surface area contributed by atoms with Crippen LogP contribution in [-0.4, -0.2) is 61.9 Å². The van der Waals surface area contributed by atoms with E-state index in [9.17, 15) is 36.2 Å². The Hall–Kier alpha value is -2.86. The lowest BCUT2D eigenvalue weighted by Gasteiger charge is -2.20. The molecule has 14 heteroatoms. The van der Waals surface area contributed by atoms with E-state index in [1.165, 1.54) is 36.4 Å². The number of halogens is 2. The van der Waals surface area contributed by atoms with Gasteiger partial charge in [0.05, 0.1) is 4.90 Å². The molecule has 0 radical (unpaired) electrons. The SMILES string of the molecule is O=C(NCCCN1CCCC1=O)[C@H](Cc1ccc(OP(=O)(O)C(F)F)cc1)NS(=O)(=O)c1ccccc1. The summed E-state index contributed by atoms with van der Waals surface area (Å²) in [4.78, 5) is 35.5. The fourth-order valence-corrected chi connectivity index (χ4v) is 5.42. The second-order valence-electron chi connectivity index (χ2n) is 8.40. The summed E-state index contributed by atoms with van der Waals surface area (Å²) in [6.45, 7) is 1.38. The molecule has 0 aromatic heterocycles. The molecule has 1 heterocycles. The Morgan fingerprint density at radius 2 is 1.81 bits per heavy atom. The van der Waals surface area contributed by atoms with Crippen LogP contribution < -0.4 is 14.6 Å². The normalized spacial score (nSPS) is 16.4. The molecular weight excluding hydrogens is 531 g/mol. The van der Waals surface area contributed by atoms with Crippen molar-refractivity contribution in [3.8, 4) is 5.75 Å². The first-order chi connectivity index (χ1) is 17.5. The molecule has 2 atom stereocenters. The summed E-state index contributed by atoms with van der Waals surface area (Å²) in [7, 11) is -9.21. The van der Waals surface area contributed by atoms with Crippen LogP contribution in [-0.2, 0) is 30.6 Å². The van der Waals surface area contributed by atoms with E-state index in [1.807, 2.05) is 0 Å². The highest BCUT2D eigenvalue weighted by Gasteiger charge is 2.34. The summed E-state index contributed by atoms with van der Waals surface area (Å²) >= 11 is 0. The van der Waals surface area contributed by atoms with Crippen molar-refractivity contribution in [2.24, 2.45) is 0 Å². The molecule has 0 spiro atoms. The van der Waals surface area contributed by atoms with Crippen LogP contribution in [0.4, 0.5) is 8.78 Å². The third kappa shape index (κ3) is 8.32. The first kappa shape index (κ1) is 28.7. The molecule has 0 aliphatic carbocycles. The van der Waals surface area contributed by atoms with Gasteiger partial charge in [0.1, 0.15) is 11.8 Å². The van der Waals surface area contributed by atoms with E-state index >= 15 is 0 Å². The molecule has 3 rings (SSSR count). The van der Waals surface area contributed by atoms with Crippen molar-refractivity contribution in [1.29, 1.82) is 0 Å². The summed E-state index contributed by atoms with van der Waals surface area (Å²) in [5.74, 6) is -0.805. The molecule has 1 saturated heterocycles. The molecule has 10 nitrogen and oxygen atoms in total. The van der Waals surface area contributed by atoms with Gasteiger partial charge in [0.15, 0.2) is 0 Å². The molecule has 2 aromatic rings. The largest absolute Gasteiger partial charge is 0.442 e. The van der Waals surface area contributed by atoms with Crippen LogP contribution in [0.5, 0.6) is 5.75 Å². The van der Waals surface area contributed by atoms with E-state index < -0.39 is 35.7 Å². The highest BCUT2D eigenvalue weighted by molar-refractivity contribution is 7.89. The van der Waals surface area contributed by atoms with Crippen LogP contribution in [0.15, 0.2) is 59.5 Å². The van der Waals surface area contributed by atoms with Crippen LogP contribution in [0.1, 0.15) is 24.8 Å². The molecule has 1 unspecified atom stereocenters. The number of carbonyl (C=O) groups is 2. The Labute approximate surface area is 213 Å². The van der Waals surface area contributed by atoms with Crippen molar-refractivity contribution >= 4 is 29.4 Å². The number of carbonyl (C=O) groups excluding carboxylic acids is 2. The number of sulfonamides is 1. The minimum absolute atomic E-state index is 0.0326. The molecule has 2 amide bonds. The van der Waals surface area contributed by atoms with Gasteiger partial charge in [0.25, 0.3) is 0 Å². The van der Waals surface area contributed by atoms with Gasteiger partial charge in [-0.15, -0.1) is 0 Å². The molecule has 0 bridgehead atoms. The zero-order chi connectivity index (χ0) is 27.1. The average molecular weight is 560 g/mol. The highest BCUT2D eigenvalue weighted by Crippen LogP contribution is 2.48. The van der Waals surface area contributed by atoms with Crippen molar-refractivity contribution in [2.75, 3.05) is 19.6 Å². The highest BCUT2D eigenvalue weighted by atomic mass is 32.2. The Balaban J connectivity index is 1.68. The van der Waals surface area contributed by atoms with E-state index in [0.29, 0.717) is 31.5 Å². The van der Waals surface area contributed by atoms with E-state index in [0.717, 1.165) is 6.42 Å². The predicted molar refractivity (Wildman–Crippen MR) is 131 cm³/mol. The second-order valence-corrected chi connectivity index (χ2v) is 11.8. The second kappa shape index (κ2) is 12.6. The van der Waals surface area contributed by atoms with Crippen molar-refractivity contribution in [1.82, 2.24) is 14.9 Å². The van der Waals surface area contributed by atoms with Crippen molar-refractivity contribution in [3.05, 3.63) is 60.2 Å². The molecule has 37 heavy (non-hydrogen) atoms. The Morgan fingerprint density at radius 1 is 1.14 bits per heavy atom. The van der Waals surface area contributed by atoms with E-state index in [4.69, 9.17) is 0 Å². The standard InChI is InChI=1S/C23H28F2N3O7PS/c24-23(25)36(31,32)35-18-11-9-17(10-12-18)16-20(27-37(33,34)19-6-2-1-3-7-19)22(30)26-13-5-15-28-14-4-8-21(28)29/h1-3,6-7,9-12,20,23,27H,4-5,8,13-16H2,(H,26,30)(H,31,32)/t20-/m0/s1. The maximum absolute atomic E-state index is 13.0. The van der Waals surface area contributed by atoms with Gasteiger partial charge < -0.3 is 19.6 Å². The van der Waals surface area contributed by atoms with Gasteiger partial charge in [0.2, 0.25) is 21.8 Å². The summed E-state index contributed by atoms with van der Waals surface area (Å²) < 4.78 is 69.2. The van der Waals surface area contributed by atoms with E-state index in [-0.39, 0.29) is 29.5 Å². The number of likely N-dealkylation sites (tertiary alicyclic amines) is 1. The number of nitrogens with zero attached hydrogens (tertiary/aromatic N) is 1. The van der Waals surface area contributed by atoms with Crippen LogP contribution >= 0.6 is 7.60 Å². The molecule has 2 aromatic carbocycles. The van der Waals surface area contributed by atoms with Gasteiger partial charge in [-0.3, -0.25) is 9.59 Å². The van der Waals surface area contributed by atoms with Gasteiger partial charge in [-0.1, -0.05) is 30.3 Å². The fraction of sp³-hybridized carbons (Fsp3) is 0.391. The van der Waals surface area contributed by atoms with Gasteiger partial charge in [-0.05, 0) is 49.1 Å². The number of hydrogen-bond donors (Lipinski definition) is 3. The Kier molecular flexibility index (Phi) is 9.77. The maximum atomic E-state index is 13.0. The molecule has 1 aliphatic rings. The fourth-order valence-electron chi connectivity index (χ4n) is 3.70. The third-order valence-electron chi connectivity index (χ3n) is 5.59. The molecule has 202 valence electrons. The van der Waals surface area contributed by atoms with E-state index in [1.54, 1.807) is 23.1 Å². The number of hydrogen-bond acceptors (Lipinski definition) is 6. The Morgan fingerprint density at radius 3 is 2.41 bits per heavy atom. The lowest BCUT2D eigenvalue weighted by molar-refractivity contribution is -0.127. The topological polar surface area (TPSA) is 142 Å². The molecule has 1 fully saturated rings. The summed E-state index contributed by atoms with van der Waals surface area (Å²) in [6, 6.07) is 11.4. The van der Waals surface area contributed by atoms with Crippen LogP contribution in [0.25, 0.3) is 0 Å². The third-order valence-corrected chi connectivity index (χ3v) is 8.04. The minimum atomic E-state index is -5.15. The first-order valence-corrected chi connectivity index (χ1v) is 14.6. The summed E-state index contributed by atoms with van der Waals surface area (Å²) in [5, 5.41) is 2.69. The number of rotatable bonds is 13. The van der Waals surface area contributed by atoms with Crippen LogP contribution in [0.2, 0.25) is 0 Å². The van der Waals surface area contributed by atoms with Crippen LogP contribution in [0, 0.1) is 0 Å². The van der Waals surface area contributed by atoms with E-state index in [2.05, 4.69) is 14.6 Å². The number of alkyl halides is 2.